The third kappa shape index (κ3) is 1.84. The lowest BCUT2D eigenvalue weighted by molar-refractivity contribution is 0.415. The Hall–Kier alpha value is -1.48. The molecule has 0 radical (unpaired) electrons. The maximum Gasteiger partial charge on any atom is 0.119 e. The van der Waals surface area contributed by atoms with Gasteiger partial charge in [-0.15, -0.1) is 0 Å². The van der Waals surface area contributed by atoms with E-state index in [1.807, 2.05) is 0 Å². The minimum atomic E-state index is 0.609. The summed E-state index contributed by atoms with van der Waals surface area (Å²) in [6.45, 7) is 2.17. The fraction of sp³-hybridized carbons (Fsp3) is 0.500. The Labute approximate surface area is 114 Å². The van der Waals surface area contributed by atoms with Crippen LogP contribution in [0.4, 0.5) is 0 Å². The number of fused-ring (bicyclic) bond motifs is 3. The third-order valence-electron chi connectivity index (χ3n) is 4.51. The van der Waals surface area contributed by atoms with E-state index >= 15 is 0 Å². The molecule has 0 fully saturated rings. The van der Waals surface area contributed by atoms with Crippen LogP contribution in [0.25, 0.3) is 10.9 Å². The van der Waals surface area contributed by atoms with Crippen LogP contribution in [0, 0.1) is 6.92 Å². The van der Waals surface area contributed by atoms with E-state index in [1.165, 1.54) is 34.1 Å². The summed E-state index contributed by atoms with van der Waals surface area (Å²) in [4.78, 5) is 0. The Morgan fingerprint density at radius 2 is 2.16 bits per heavy atom. The molecule has 0 amide bonds. The van der Waals surface area contributed by atoms with Crippen LogP contribution in [-0.2, 0) is 19.9 Å². The zero-order valence-corrected chi connectivity index (χ0v) is 12.2. The lowest BCUT2D eigenvalue weighted by Gasteiger charge is -2.23. The number of methoxy groups -OCH3 is 1. The van der Waals surface area contributed by atoms with E-state index < -0.39 is 0 Å². The smallest absolute Gasteiger partial charge is 0.119 e. The molecule has 2 aromatic rings. The summed E-state index contributed by atoms with van der Waals surface area (Å²) >= 11 is 0. The molecule has 102 valence electrons. The van der Waals surface area contributed by atoms with E-state index in [-0.39, 0.29) is 0 Å². The molecule has 1 heterocycles. The molecular weight excluding hydrogens is 236 g/mol. The number of hydrogen-bond acceptors (Lipinski definition) is 2. The van der Waals surface area contributed by atoms with Gasteiger partial charge in [0.25, 0.3) is 0 Å². The molecule has 1 unspecified atom stereocenters. The highest BCUT2D eigenvalue weighted by atomic mass is 16.5. The highest BCUT2D eigenvalue weighted by molar-refractivity contribution is 5.89. The minimum Gasteiger partial charge on any atom is -0.497 e. The van der Waals surface area contributed by atoms with Crippen molar-refractivity contribution in [1.29, 1.82) is 0 Å². The molecule has 0 spiro atoms. The van der Waals surface area contributed by atoms with E-state index in [0.29, 0.717) is 6.04 Å². The van der Waals surface area contributed by atoms with Gasteiger partial charge in [-0.05, 0) is 50.1 Å². The zero-order chi connectivity index (χ0) is 13.6. The second-order valence-corrected chi connectivity index (χ2v) is 5.55. The van der Waals surface area contributed by atoms with Crippen molar-refractivity contribution < 1.29 is 4.74 Å². The summed E-state index contributed by atoms with van der Waals surface area (Å²) in [5.41, 5.74) is 5.66. The summed E-state index contributed by atoms with van der Waals surface area (Å²) in [5, 5.41) is 4.79. The van der Waals surface area contributed by atoms with Crippen molar-refractivity contribution in [3.63, 3.8) is 0 Å². The van der Waals surface area contributed by atoms with Crippen LogP contribution < -0.4 is 10.1 Å². The molecule has 0 saturated carbocycles. The summed E-state index contributed by atoms with van der Waals surface area (Å²) in [6, 6.07) is 4.93. The third-order valence-corrected chi connectivity index (χ3v) is 4.51. The van der Waals surface area contributed by atoms with Gasteiger partial charge in [0, 0.05) is 30.6 Å². The molecule has 1 atom stereocenters. The molecule has 0 saturated heterocycles. The first kappa shape index (κ1) is 12.5. The van der Waals surface area contributed by atoms with Gasteiger partial charge in [0.2, 0.25) is 0 Å². The molecular formula is C16H22N2O. The standard InChI is InChI=1S/C16H22N2O/c1-10-7-12(19-4)9-14-13-6-5-11(17-2)8-15(13)18(3)16(10)14/h7,9,11,17H,5-6,8H2,1-4H3. The first-order valence-corrected chi connectivity index (χ1v) is 6.97. The first-order valence-electron chi connectivity index (χ1n) is 6.97. The summed E-state index contributed by atoms with van der Waals surface area (Å²) in [5.74, 6) is 0.967. The number of likely N-dealkylation sites (N-methyl/N-ethyl adjacent to an activating group) is 1. The number of hydrogen-bond donors (Lipinski definition) is 1. The first-order chi connectivity index (χ1) is 9.15. The van der Waals surface area contributed by atoms with Crippen LogP contribution >= 0.6 is 0 Å². The molecule has 1 aromatic carbocycles. The fourth-order valence-electron chi connectivity index (χ4n) is 3.47. The Kier molecular flexibility index (Phi) is 3.02. The number of aromatic nitrogens is 1. The van der Waals surface area contributed by atoms with Crippen molar-refractivity contribution in [1.82, 2.24) is 9.88 Å². The second-order valence-electron chi connectivity index (χ2n) is 5.55. The number of benzene rings is 1. The number of nitrogens with one attached hydrogen (secondary N) is 1. The second kappa shape index (κ2) is 4.57. The molecule has 1 N–H and O–H groups in total. The number of nitrogens with zero attached hydrogens (tertiary/aromatic N) is 1. The predicted octanol–water partition coefficient (Wildman–Crippen LogP) is 2.57. The maximum absolute atomic E-state index is 5.42. The van der Waals surface area contributed by atoms with Gasteiger partial charge >= 0.3 is 0 Å². The summed E-state index contributed by atoms with van der Waals surface area (Å²) in [7, 11) is 6.00. The Bertz CT molecular complexity index is 627. The van der Waals surface area contributed by atoms with Crippen LogP contribution in [-0.4, -0.2) is 24.8 Å². The molecule has 1 aliphatic carbocycles. The SMILES string of the molecule is CNC1CCc2c(n(C)c3c(C)cc(OC)cc23)C1. The van der Waals surface area contributed by atoms with E-state index in [0.717, 1.165) is 18.6 Å². The Balaban J connectivity index is 2.24. The van der Waals surface area contributed by atoms with Gasteiger partial charge in [-0.25, -0.2) is 0 Å². The van der Waals surface area contributed by atoms with Gasteiger partial charge in [0.05, 0.1) is 12.6 Å². The van der Waals surface area contributed by atoms with Crippen molar-refractivity contribution in [2.24, 2.45) is 7.05 Å². The largest absolute Gasteiger partial charge is 0.497 e. The van der Waals surface area contributed by atoms with Crippen LogP contribution in [0.15, 0.2) is 12.1 Å². The molecule has 3 nitrogen and oxygen atoms in total. The van der Waals surface area contributed by atoms with Gasteiger partial charge in [-0.1, -0.05) is 0 Å². The normalized spacial score (nSPS) is 18.6. The van der Waals surface area contributed by atoms with Crippen LogP contribution in [0.2, 0.25) is 0 Å². The van der Waals surface area contributed by atoms with Crippen LogP contribution in [0.3, 0.4) is 0 Å². The highest BCUT2D eigenvalue weighted by Crippen LogP contribution is 2.35. The average Bonchev–Trinajstić information content (AvgIpc) is 2.72. The quantitative estimate of drug-likeness (QED) is 0.896. The predicted molar refractivity (Wildman–Crippen MR) is 79.1 cm³/mol. The summed E-state index contributed by atoms with van der Waals surface area (Å²) in [6.07, 6.45) is 3.50. The maximum atomic E-state index is 5.42. The number of ether oxygens (including phenoxy) is 1. The molecule has 1 aliphatic rings. The molecule has 1 aromatic heterocycles. The van der Waals surface area contributed by atoms with Crippen molar-refractivity contribution in [2.75, 3.05) is 14.2 Å². The summed E-state index contributed by atoms with van der Waals surface area (Å²) < 4.78 is 7.80. The number of aryl methyl sites for hydroxylation is 3. The van der Waals surface area contributed by atoms with Crippen molar-refractivity contribution >= 4 is 10.9 Å². The monoisotopic (exact) mass is 258 g/mol. The van der Waals surface area contributed by atoms with Crippen LogP contribution in [0.1, 0.15) is 23.2 Å². The van der Waals surface area contributed by atoms with E-state index in [2.05, 4.69) is 43.0 Å². The van der Waals surface area contributed by atoms with Gasteiger partial charge < -0.3 is 14.6 Å². The van der Waals surface area contributed by atoms with E-state index in [4.69, 9.17) is 4.74 Å². The average molecular weight is 258 g/mol. The lowest BCUT2D eigenvalue weighted by atomic mass is 9.91. The van der Waals surface area contributed by atoms with E-state index in [1.54, 1.807) is 7.11 Å². The Morgan fingerprint density at radius 3 is 2.84 bits per heavy atom. The van der Waals surface area contributed by atoms with Crippen molar-refractivity contribution in [3.8, 4) is 5.75 Å². The molecule has 19 heavy (non-hydrogen) atoms. The van der Waals surface area contributed by atoms with Gasteiger partial charge in [0.1, 0.15) is 5.75 Å². The van der Waals surface area contributed by atoms with Gasteiger partial charge in [-0.2, -0.15) is 0 Å². The Morgan fingerprint density at radius 1 is 1.37 bits per heavy atom. The zero-order valence-electron chi connectivity index (χ0n) is 12.2. The topological polar surface area (TPSA) is 26.2 Å². The fourth-order valence-corrected chi connectivity index (χ4v) is 3.47. The number of rotatable bonds is 2. The van der Waals surface area contributed by atoms with Crippen LogP contribution in [0.5, 0.6) is 5.75 Å². The van der Waals surface area contributed by atoms with Gasteiger partial charge in [-0.3, -0.25) is 0 Å². The molecule has 0 bridgehead atoms. The highest BCUT2D eigenvalue weighted by Gasteiger charge is 2.24. The molecule has 3 heteroatoms. The van der Waals surface area contributed by atoms with Crippen molar-refractivity contribution in [3.05, 3.63) is 29.0 Å². The minimum absolute atomic E-state index is 0.609. The van der Waals surface area contributed by atoms with Crippen molar-refractivity contribution in [2.45, 2.75) is 32.2 Å². The van der Waals surface area contributed by atoms with E-state index in [9.17, 15) is 0 Å². The van der Waals surface area contributed by atoms with Gasteiger partial charge in [0.15, 0.2) is 0 Å². The molecule has 3 rings (SSSR count). The molecule has 0 aliphatic heterocycles. The lowest BCUT2D eigenvalue weighted by Crippen LogP contribution is -2.32.